The van der Waals surface area contributed by atoms with Gasteiger partial charge in [0, 0.05) is 12.2 Å². The van der Waals surface area contributed by atoms with Crippen molar-refractivity contribution in [3.63, 3.8) is 0 Å². The van der Waals surface area contributed by atoms with E-state index in [-0.39, 0.29) is 24.1 Å². The molecule has 0 aromatic heterocycles. The number of phenolic OH excluding ortho intramolecular Hbond substituents is 1. The highest BCUT2D eigenvalue weighted by Gasteiger charge is 2.49. The van der Waals surface area contributed by atoms with Crippen LogP contribution in [0.25, 0.3) is 12.2 Å². The molecule has 0 aliphatic heterocycles. The molecule has 4 fully saturated rings. The fourth-order valence-corrected chi connectivity index (χ4v) is 6.33. The molecule has 4 aliphatic rings. The van der Waals surface area contributed by atoms with Crippen LogP contribution >= 0.6 is 0 Å². The van der Waals surface area contributed by atoms with Crippen LogP contribution in [0.15, 0.2) is 72.8 Å². The van der Waals surface area contributed by atoms with Gasteiger partial charge in [-0.3, -0.25) is 0 Å². The summed E-state index contributed by atoms with van der Waals surface area (Å²) >= 11 is 0. The molecule has 4 saturated carbocycles. The number of hydrogen-bond donors (Lipinski definition) is 1. The topological polar surface area (TPSA) is 65.0 Å². The van der Waals surface area contributed by atoms with Crippen LogP contribution in [0.4, 0.5) is 0 Å². The number of carbonyl (C=O) groups excluding carboxylic acids is 1. The Bertz CT molecular complexity index is 1120. The van der Waals surface area contributed by atoms with Gasteiger partial charge in [-0.25, -0.2) is 4.79 Å². The first-order valence-electron chi connectivity index (χ1n) is 14.2. The van der Waals surface area contributed by atoms with Gasteiger partial charge in [-0.15, -0.1) is 0 Å². The van der Waals surface area contributed by atoms with Crippen LogP contribution in [0.2, 0.25) is 0 Å². The minimum absolute atomic E-state index is 0.183. The van der Waals surface area contributed by atoms with E-state index in [0.29, 0.717) is 24.0 Å². The number of hydrogen-bond acceptors (Lipinski definition) is 5. The predicted octanol–water partition coefficient (Wildman–Crippen LogP) is 7.81. The zero-order chi connectivity index (χ0) is 27.8. The lowest BCUT2D eigenvalue weighted by Crippen LogP contribution is -2.50. The average molecular weight is 531 g/mol. The number of aromatic hydroxyl groups is 1. The van der Waals surface area contributed by atoms with Crippen molar-refractivity contribution in [2.24, 2.45) is 23.7 Å². The van der Waals surface area contributed by atoms with Gasteiger partial charge in [-0.05, 0) is 112 Å². The molecule has 1 unspecified atom stereocenters. The lowest BCUT2D eigenvalue weighted by molar-refractivity contribution is -0.166. The maximum absolute atomic E-state index is 11.6. The van der Waals surface area contributed by atoms with E-state index in [9.17, 15) is 9.90 Å². The van der Waals surface area contributed by atoms with Crippen LogP contribution in [-0.2, 0) is 14.3 Å². The van der Waals surface area contributed by atoms with Crippen LogP contribution < -0.4 is 4.74 Å². The number of esters is 1. The quantitative estimate of drug-likeness (QED) is 0.155. The smallest absolute Gasteiger partial charge is 0.333 e. The summed E-state index contributed by atoms with van der Waals surface area (Å²) in [5, 5.41) is 9.23. The van der Waals surface area contributed by atoms with Crippen LogP contribution in [0, 0.1) is 23.7 Å². The van der Waals surface area contributed by atoms with Crippen LogP contribution in [0.1, 0.15) is 64.0 Å². The summed E-state index contributed by atoms with van der Waals surface area (Å²) in [5.41, 5.74) is 2.67. The fraction of sp³-hybridized carbons (Fsp3) is 0.441. The summed E-state index contributed by atoms with van der Waals surface area (Å²) in [6, 6.07) is 14.9. The molecule has 0 spiro atoms. The molecule has 6 rings (SSSR count). The van der Waals surface area contributed by atoms with Crippen molar-refractivity contribution >= 4 is 18.1 Å². The van der Waals surface area contributed by atoms with E-state index in [2.05, 4.69) is 6.58 Å². The Labute approximate surface area is 233 Å². The molecule has 1 atom stereocenters. The number of phenols is 1. The molecule has 1 N–H and O–H groups in total. The number of carbonyl (C=O) groups is 1. The molecule has 208 valence electrons. The summed E-state index contributed by atoms with van der Waals surface area (Å²) in [4.78, 5) is 11.6. The fourth-order valence-electron chi connectivity index (χ4n) is 6.33. The van der Waals surface area contributed by atoms with Crippen LogP contribution in [0.3, 0.4) is 0 Å². The molecule has 4 aliphatic carbocycles. The van der Waals surface area contributed by atoms with E-state index >= 15 is 0 Å². The first-order chi connectivity index (χ1) is 18.8. The van der Waals surface area contributed by atoms with E-state index in [1.54, 1.807) is 19.1 Å². The van der Waals surface area contributed by atoms with Gasteiger partial charge >= 0.3 is 5.97 Å². The SMILES string of the molecule is C=C(C)C(=O)OC1C2CC3CC(C2)CC1C3.CCOC(C)Oc1ccc(C=CC=Cc2ccc(O)cc2)cc1. The minimum atomic E-state index is -0.241. The summed E-state index contributed by atoms with van der Waals surface area (Å²) < 4.78 is 16.6. The van der Waals surface area contributed by atoms with E-state index < -0.39 is 0 Å². The highest BCUT2D eigenvalue weighted by molar-refractivity contribution is 5.87. The standard InChI is InChI=1S/C20H22O3.C14H20O2/c1-3-22-16(2)23-20-14-10-18(11-15-20)7-5-4-6-17-8-12-19(21)13-9-17;1-8(2)14(15)16-13-11-4-9-3-10(6-11)7-12(13)5-9/h4-16,21H,3H2,1-2H3;9-13H,1,3-7H2,2H3. The Kier molecular flexibility index (Phi) is 10.0. The second kappa shape index (κ2) is 13.7. The molecule has 39 heavy (non-hydrogen) atoms. The molecular formula is C34H42O5. The van der Waals surface area contributed by atoms with Gasteiger partial charge < -0.3 is 19.3 Å². The number of ether oxygens (including phenoxy) is 3. The molecule has 0 heterocycles. The van der Waals surface area contributed by atoms with Gasteiger partial charge in [0.05, 0.1) is 0 Å². The van der Waals surface area contributed by atoms with Crippen molar-refractivity contribution < 1.29 is 24.1 Å². The molecule has 5 heteroatoms. The maximum atomic E-state index is 11.6. The van der Waals surface area contributed by atoms with Crippen LogP contribution in [-0.4, -0.2) is 30.1 Å². The molecule has 0 saturated heterocycles. The van der Waals surface area contributed by atoms with Crippen molar-refractivity contribution in [1.82, 2.24) is 0 Å². The minimum Gasteiger partial charge on any atom is -0.508 e. The normalized spacial score (nSPS) is 25.8. The summed E-state index contributed by atoms with van der Waals surface area (Å²) in [6.45, 7) is 9.86. The van der Waals surface area contributed by atoms with Crippen LogP contribution in [0.5, 0.6) is 11.5 Å². The first-order valence-corrected chi connectivity index (χ1v) is 14.2. The highest BCUT2D eigenvalue weighted by atomic mass is 16.7. The Morgan fingerprint density at radius 2 is 1.44 bits per heavy atom. The zero-order valence-electron chi connectivity index (χ0n) is 23.4. The monoisotopic (exact) mass is 530 g/mol. The van der Waals surface area contributed by atoms with Crippen molar-refractivity contribution in [3.8, 4) is 11.5 Å². The highest BCUT2D eigenvalue weighted by Crippen LogP contribution is 2.54. The zero-order valence-corrected chi connectivity index (χ0v) is 23.4. The van der Waals surface area contributed by atoms with Gasteiger partial charge in [0.1, 0.15) is 17.6 Å². The van der Waals surface area contributed by atoms with E-state index in [1.807, 2.05) is 74.5 Å². The van der Waals surface area contributed by atoms with Crippen molar-refractivity contribution in [1.29, 1.82) is 0 Å². The van der Waals surface area contributed by atoms with Crippen molar-refractivity contribution in [3.05, 3.63) is 84.0 Å². The molecule has 5 nitrogen and oxygen atoms in total. The predicted molar refractivity (Wildman–Crippen MR) is 156 cm³/mol. The van der Waals surface area contributed by atoms with Gasteiger partial charge in [0.15, 0.2) is 6.29 Å². The van der Waals surface area contributed by atoms with Gasteiger partial charge in [-0.2, -0.15) is 0 Å². The molecule has 4 bridgehead atoms. The maximum Gasteiger partial charge on any atom is 0.333 e. The molecule has 0 radical (unpaired) electrons. The van der Waals surface area contributed by atoms with Crippen molar-refractivity contribution in [2.75, 3.05) is 6.61 Å². The largest absolute Gasteiger partial charge is 0.508 e. The van der Waals surface area contributed by atoms with E-state index in [1.165, 1.54) is 32.1 Å². The Balaban J connectivity index is 0.000000192. The second-order valence-electron chi connectivity index (χ2n) is 11.1. The first kappa shape index (κ1) is 28.7. The number of allylic oxidation sites excluding steroid dienone is 2. The summed E-state index contributed by atoms with van der Waals surface area (Å²) in [6.07, 6.45) is 14.5. The lowest BCUT2D eigenvalue weighted by Gasteiger charge is -2.53. The van der Waals surface area contributed by atoms with E-state index in [0.717, 1.165) is 28.7 Å². The Hall–Kier alpha value is -3.31. The molecule has 2 aromatic rings. The third kappa shape index (κ3) is 8.34. The molecule has 2 aromatic carbocycles. The third-order valence-corrected chi connectivity index (χ3v) is 7.90. The molecular weight excluding hydrogens is 488 g/mol. The van der Waals surface area contributed by atoms with Gasteiger partial charge in [0.2, 0.25) is 0 Å². The number of rotatable bonds is 9. The van der Waals surface area contributed by atoms with Gasteiger partial charge in [0.25, 0.3) is 0 Å². The average Bonchev–Trinajstić information content (AvgIpc) is 2.90. The second-order valence-corrected chi connectivity index (χ2v) is 11.1. The summed E-state index contributed by atoms with van der Waals surface area (Å²) in [7, 11) is 0. The Morgan fingerprint density at radius 1 is 0.923 bits per heavy atom. The third-order valence-electron chi connectivity index (χ3n) is 7.90. The lowest BCUT2D eigenvalue weighted by atomic mass is 9.55. The summed E-state index contributed by atoms with van der Waals surface area (Å²) in [5.74, 6) is 4.06. The number of benzene rings is 2. The Morgan fingerprint density at radius 3 is 1.92 bits per heavy atom. The van der Waals surface area contributed by atoms with Gasteiger partial charge in [-0.1, -0.05) is 55.1 Å². The van der Waals surface area contributed by atoms with E-state index in [4.69, 9.17) is 14.2 Å². The molecule has 0 amide bonds. The van der Waals surface area contributed by atoms with Crippen molar-refractivity contribution in [2.45, 2.75) is 65.3 Å².